The third-order valence-corrected chi connectivity index (χ3v) is 10.6. The second-order valence-corrected chi connectivity index (χ2v) is 13.8. The van der Waals surface area contributed by atoms with Gasteiger partial charge >= 0.3 is 0 Å². The Hall–Kier alpha value is -7.42. The summed E-state index contributed by atoms with van der Waals surface area (Å²) in [7, 11) is 0. The zero-order valence-corrected chi connectivity index (χ0v) is 31.0. The molecular weight excluding hydrogens is 679 g/mol. The van der Waals surface area contributed by atoms with E-state index in [2.05, 4.69) is 194 Å². The van der Waals surface area contributed by atoms with Crippen molar-refractivity contribution in [2.24, 2.45) is 0 Å². The Labute approximate surface area is 327 Å². The lowest BCUT2D eigenvalue weighted by Gasteiger charge is -2.29. The van der Waals surface area contributed by atoms with Crippen molar-refractivity contribution in [1.29, 1.82) is 0 Å². The van der Waals surface area contributed by atoms with Crippen LogP contribution in [-0.4, -0.2) is 0 Å². The highest BCUT2D eigenvalue weighted by molar-refractivity contribution is 6.17. The first-order valence-corrected chi connectivity index (χ1v) is 18.8. The Morgan fingerprint density at radius 2 is 1.11 bits per heavy atom. The maximum Gasteiger partial charge on any atom is 0.143 e. The highest BCUT2D eigenvalue weighted by Gasteiger charge is 2.22. The van der Waals surface area contributed by atoms with Crippen LogP contribution in [0.25, 0.3) is 84.4 Å². The van der Waals surface area contributed by atoms with Crippen LogP contribution < -0.4 is 15.3 Å². The van der Waals surface area contributed by atoms with Crippen LogP contribution in [0.5, 0.6) is 0 Å². The van der Waals surface area contributed by atoms with E-state index in [4.69, 9.17) is 4.42 Å². The number of rotatable bonds is 9. The van der Waals surface area contributed by atoms with E-state index in [1.807, 2.05) is 24.3 Å². The summed E-state index contributed by atoms with van der Waals surface area (Å²) in [5.41, 5.74) is 12.4. The van der Waals surface area contributed by atoms with E-state index in [-0.39, 0.29) is 0 Å². The number of furan rings is 1. The van der Waals surface area contributed by atoms with E-state index < -0.39 is 0 Å². The average molecular weight is 718 g/mol. The van der Waals surface area contributed by atoms with Crippen molar-refractivity contribution in [3.8, 4) is 33.4 Å². The van der Waals surface area contributed by atoms with Crippen molar-refractivity contribution >= 4 is 62.4 Å². The second kappa shape index (κ2) is 14.8. The van der Waals surface area contributed by atoms with Crippen LogP contribution >= 0.6 is 0 Å². The molecule has 1 aromatic heterocycles. The normalized spacial score (nSPS) is 12.0. The number of fused-ring (bicyclic) bond motifs is 5. The zero-order valence-electron chi connectivity index (χ0n) is 31.0. The molecular formula is C54H39NO. The molecule has 0 bridgehead atoms. The summed E-state index contributed by atoms with van der Waals surface area (Å²) in [6.45, 7) is 12.8. The first kappa shape index (κ1) is 34.4. The molecule has 8 aromatic carbocycles. The van der Waals surface area contributed by atoms with Gasteiger partial charge < -0.3 is 9.32 Å². The van der Waals surface area contributed by atoms with Crippen LogP contribution in [0.4, 0.5) is 11.4 Å². The number of benzene rings is 8. The predicted octanol–water partition coefficient (Wildman–Crippen LogP) is 13.5. The smallest absolute Gasteiger partial charge is 0.143 e. The number of para-hydroxylation sites is 2. The molecule has 9 aromatic rings. The summed E-state index contributed by atoms with van der Waals surface area (Å²) in [6.07, 6.45) is 7.70. The zero-order chi connectivity index (χ0) is 38.0. The maximum atomic E-state index is 6.87. The Bertz CT molecular complexity index is 3060. The third-order valence-electron chi connectivity index (χ3n) is 10.6. The summed E-state index contributed by atoms with van der Waals surface area (Å²) >= 11 is 0. The van der Waals surface area contributed by atoms with Gasteiger partial charge in [-0.1, -0.05) is 190 Å². The highest BCUT2D eigenvalue weighted by atomic mass is 16.3. The summed E-state index contributed by atoms with van der Waals surface area (Å²) in [5, 5.41) is 6.34. The van der Waals surface area contributed by atoms with E-state index >= 15 is 0 Å². The number of anilines is 2. The predicted molar refractivity (Wildman–Crippen MR) is 240 cm³/mol. The fourth-order valence-electron chi connectivity index (χ4n) is 7.83. The molecule has 0 N–H and O–H groups in total. The SMILES string of the molecule is C=C/C=C\c1ccc/c(=C(/C=C)N(c2ccc(-c3ccc(-c4ccccc4)cc3)cc2)c2ccccc2-c2cccc3c2oc2c4ccccc4ccc32)c1=C. The van der Waals surface area contributed by atoms with Crippen molar-refractivity contribution in [2.45, 2.75) is 0 Å². The number of nitrogens with zero attached hydrogens (tertiary/aromatic N) is 1. The van der Waals surface area contributed by atoms with Gasteiger partial charge in [-0.3, -0.25) is 0 Å². The van der Waals surface area contributed by atoms with Crippen LogP contribution in [-0.2, 0) is 0 Å². The lowest BCUT2D eigenvalue weighted by atomic mass is 9.98. The van der Waals surface area contributed by atoms with Crippen LogP contribution in [0.2, 0.25) is 0 Å². The van der Waals surface area contributed by atoms with Gasteiger partial charge in [0.05, 0.1) is 11.4 Å². The molecule has 0 aliphatic rings. The van der Waals surface area contributed by atoms with E-state index in [9.17, 15) is 0 Å². The van der Waals surface area contributed by atoms with Gasteiger partial charge in [-0.15, -0.1) is 0 Å². The largest absolute Gasteiger partial charge is 0.455 e. The van der Waals surface area contributed by atoms with Gasteiger partial charge in [0, 0.05) is 38.2 Å². The molecule has 0 radical (unpaired) electrons. The Morgan fingerprint density at radius 1 is 0.500 bits per heavy atom. The maximum absolute atomic E-state index is 6.87. The Balaban J connectivity index is 1.24. The van der Waals surface area contributed by atoms with E-state index in [0.29, 0.717) is 0 Å². The molecule has 1 heterocycles. The molecule has 0 saturated carbocycles. The minimum Gasteiger partial charge on any atom is -0.455 e. The van der Waals surface area contributed by atoms with Crippen molar-refractivity contribution < 1.29 is 4.42 Å². The molecule has 0 saturated heterocycles. The van der Waals surface area contributed by atoms with Crippen LogP contribution in [0.15, 0.2) is 212 Å². The quantitative estimate of drug-likeness (QED) is 0.138. The van der Waals surface area contributed by atoms with Crippen molar-refractivity contribution in [3.63, 3.8) is 0 Å². The minimum absolute atomic E-state index is 0.857. The van der Waals surface area contributed by atoms with Crippen LogP contribution in [0, 0.1) is 0 Å². The van der Waals surface area contributed by atoms with Crippen LogP contribution in [0.1, 0.15) is 5.56 Å². The number of hydrogen-bond donors (Lipinski definition) is 0. The Morgan fingerprint density at radius 3 is 1.86 bits per heavy atom. The molecule has 2 nitrogen and oxygen atoms in total. The molecule has 0 atom stereocenters. The molecule has 2 heteroatoms. The fourth-order valence-corrected chi connectivity index (χ4v) is 7.83. The van der Waals surface area contributed by atoms with Gasteiger partial charge in [-0.05, 0) is 68.8 Å². The summed E-state index contributed by atoms with van der Waals surface area (Å²) < 4.78 is 6.87. The molecule has 266 valence electrons. The first-order valence-electron chi connectivity index (χ1n) is 18.8. The highest BCUT2D eigenvalue weighted by Crippen LogP contribution is 2.44. The van der Waals surface area contributed by atoms with E-state index in [0.717, 1.165) is 88.0 Å². The number of allylic oxidation sites excluding steroid dienone is 2. The molecule has 0 unspecified atom stereocenters. The van der Waals surface area contributed by atoms with Gasteiger partial charge in [-0.2, -0.15) is 0 Å². The number of hydrogen-bond acceptors (Lipinski definition) is 2. The van der Waals surface area contributed by atoms with Gasteiger partial charge in [0.1, 0.15) is 11.2 Å². The summed E-state index contributed by atoms with van der Waals surface area (Å²) in [5.74, 6) is 0. The lowest BCUT2D eigenvalue weighted by molar-refractivity contribution is 0.674. The van der Waals surface area contributed by atoms with Gasteiger partial charge in [-0.25, -0.2) is 0 Å². The van der Waals surface area contributed by atoms with Gasteiger partial charge in [0.15, 0.2) is 0 Å². The molecule has 0 aliphatic heterocycles. The third kappa shape index (κ3) is 6.14. The van der Waals surface area contributed by atoms with Crippen molar-refractivity contribution in [2.75, 3.05) is 4.90 Å². The van der Waals surface area contributed by atoms with E-state index in [1.165, 1.54) is 11.1 Å². The summed E-state index contributed by atoms with van der Waals surface area (Å²) in [6, 6.07) is 62.0. The lowest BCUT2D eigenvalue weighted by Crippen LogP contribution is -2.33. The second-order valence-electron chi connectivity index (χ2n) is 13.8. The van der Waals surface area contributed by atoms with Gasteiger partial charge in [0.25, 0.3) is 0 Å². The van der Waals surface area contributed by atoms with Crippen molar-refractivity contribution in [3.05, 3.63) is 223 Å². The van der Waals surface area contributed by atoms with E-state index in [1.54, 1.807) is 6.08 Å². The van der Waals surface area contributed by atoms with Crippen molar-refractivity contribution in [1.82, 2.24) is 0 Å². The standard InChI is InChI=1S/C54H39NO/c1-4-6-16-38-20-14-23-45(37(38)3)51(5-2)55(44-34-31-42(32-35-44)41-29-27-40(28-30-41)39-17-8-7-9-18-39)52-26-13-12-22-47(52)48-24-15-25-49-50-36-33-43-19-10-11-21-46(43)53(50)56-54(48)49/h4-36H,1-3H2/b16-6-,51-45+. The molecule has 56 heavy (non-hydrogen) atoms. The molecule has 0 fully saturated rings. The van der Waals surface area contributed by atoms with Crippen LogP contribution in [0.3, 0.4) is 0 Å². The summed E-state index contributed by atoms with van der Waals surface area (Å²) in [4.78, 5) is 2.30. The Kier molecular flexibility index (Phi) is 9.07. The molecule has 0 amide bonds. The monoisotopic (exact) mass is 717 g/mol. The molecule has 0 aliphatic carbocycles. The molecule has 9 rings (SSSR count). The topological polar surface area (TPSA) is 16.4 Å². The minimum atomic E-state index is 0.857. The van der Waals surface area contributed by atoms with Gasteiger partial charge in [0.2, 0.25) is 0 Å². The molecule has 0 spiro atoms. The average Bonchev–Trinajstić information content (AvgIpc) is 3.66. The fraction of sp³-hybridized carbons (Fsp3) is 0. The first-order chi connectivity index (χ1) is 27.6.